The van der Waals surface area contributed by atoms with Gasteiger partial charge in [-0.1, -0.05) is 32.9 Å². The maximum Gasteiger partial charge on any atom is 0.254 e. The number of hydrogen-bond donors (Lipinski definition) is 1. The topological polar surface area (TPSA) is 55.0 Å². The molecule has 0 atom stereocenters. The van der Waals surface area contributed by atoms with E-state index in [1.165, 1.54) is 0 Å². The summed E-state index contributed by atoms with van der Waals surface area (Å²) in [7, 11) is 1.62. The van der Waals surface area contributed by atoms with E-state index >= 15 is 0 Å². The summed E-state index contributed by atoms with van der Waals surface area (Å²) >= 11 is 0. The Labute approximate surface area is 118 Å². The normalized spacial score (nSPS) is 11.4. The molecule has 4 nitrogen and oxygen atoms in total. The molecule has 20 heavy (non-hydrogen) atoms. The molecule has 0 spiro atoms. The van der Waals surface area contributed by atoms with E-state index in [0.717, 1.165) is 11.3 Å². The van der Waals surface area contributed by atoms with Gasteiger partial charge in [0.15, 0.2) is 0 Å². The Morgan fingerprint density at radius 2 is 1.95 bits per heavy atom. The Balaban J connectivity index is 2.66. The second-order valence-electron chi connectivity index (χ2n) is 5.87. The number of rotatable bonds is 2. The minimum atomic E-state index is -0.208. The van der Waals surface area contributed by atoms with E-state index in [1.807, 2.05) is 45.0 Å². The summed E-state index contributed by atoms with van der Waals surface area (Å²) in [6.07, 6.45) is 0. The van der Waals surface area contributed by atoms with Crippen LogP contribution in [0.1, 0.15) is 32.2 Å². The second kappa shape index (κ2) is 5.12. The van der Waals surface area contributed by atoms with Crippen molar-refractivity contribution in [3.8, 4) is 17.0 Å². The number of hydrogen-bond acceptors (Lipinski definition) is 3. The van der Waals surface area contributed by atoms with Crippen molar-refractivity contribution in [3.05, 3.63) is 46.0 Å². The van der Waals surface area contributed by atoms with E-state index < -0.39 is 0 Å². The molecule has 0 saturated carbocycles. The molecule has 0 aliphatic rings. The summed E-state index contributed by atoms with van der Waals surface area (Å²) in [6.45, 7) is 7.86. The predicted molar refractivity (Wildman–Crippen MR) is 80.3 cm³/mol. The van der Waals surface area contributed by atoms with E-state index in [0.29, 0.717) is 17.1 Å². The number of nitrogens with one attached hydrogen (secondary N) is 1. The third kappa shape index (κ3) is 2.74. The summed E-state index contributed by atoms with van der Waals surface area (Å²) in [5, 5.41) is 0. The van der Waals surface area contributed by atoms with E-state index in [9.17, 15) is 4.79 Å². The van der Waals surface area contributed by atoms with Crippen LogP contribution in [0.4, 0.5) is 0 Å². The molecule has 1 N–H and O–H groups in total. The van der Waals surface area contributed by atoms with Crippen molar-refractivity contribution in [1.82, 2.24) is 9.97 Å². The highest BCUT2D eigenvalue weighted by atomic mass is 16.5. The molecule has 0 aliphatic carbocycles. The van der Waals surface area contributed by atoms with Crippen molar-refractivity contribution in [1.29, 1.82) is 0 Å². The molecule has 0 amide bonds. The van der Waals surface area contributed by atoms with Gasteiger partial charge in [-0.3, -0.25) is 4.79 Å². The largest absolute Gasteiger partial charge is 0.497 e. The monoisotopic (exact) mass is 272 g/mol. The van der Waals surface area contributed by atoms with Crippen LogP contribution in [-0.2, 0) is 5.41 Å². The number of aromatic nitrogens is 2. The van der Waals surface area contributed by atoms with Gasteiger partial charge in [0.05, 0.1) is 12.8 Å². The van der Waals surface area contributed by atoms with Gasteiger partial charge in [0.25, 0.3) is 5.56 Å². The predicted octanol–water partition coefficient (Wildman–Crippen LogP) is 3.05. The van der Waals surface area contributed by atoms with Crippen molar-refractivity contribution >= 4 is 0 Å². The van der Waals surface area contributed by atoms with Gasteiger partial charge >= 0.3 is 0 Å². The second-order valence-corrected chi connectivity index (χ2v) is 5.87. The van der Waals surface area contributed by atoms with E-state index in [1.54, 1.807) is 14.0 Å². The summed E-state index contributed by atoms with van der Waals surface area (Å²) in [4.78, 5) is 19.6. The molecule has 106 valence electrons. The number of ether oxygens (including phenoxy) is 1. The zero-order valence-electron chi connectivity index (χ0n) is 12.6. The lowest BCUT2D eigenvalue weighted by atomic mass is 9.95. The van der Waals surface area contributed by atoms with Crippen LogP contribution in [0.25, 0.3) is 11.3 Å². The first-order chi connectivity index (χ1) is 9.32. The van der Waals surface area contributed by atoms with E-state index in [-0.39, 0.29) is 11.0 Å². The van der Waals surface area contributed by atoms with Gasteiger partial charge < -0.3 is 9.72 Å². The first-order valence-corrected chi connectivity index (χ1v) is 6.59. The van der Waals surface area contributed by atoms with Gasteiger partial charge in [0.2, 0.25) is 0 Å². The van der Waals surface area contributed by atoms with Crippen LogP contribution in [0.15, 0.2) is 29.1 Å². The van der Waals surface area contributed by atoms with Crippen molar-refractivity contribution in [2.75, 3.05) is 7.11 Å². The first-order valence-electron chi connectivity index (χ1n) is 6.59. The Kier molecular flexibility index (Phi) is 3.66. The zero-order chi connectivity index (χ0) is 14.9. The van der Waals surface area contributed by atoms with Crippen LogP contribution in [0.2, 0.25) is 0 Å². The fourth-order valence-electron chi connectivity index (χ4n) is 1.94. The maximum atomic E-state index is 12.1. The van der Waals surface area contributed by atoms with Crippen molar-refractivity contribution in [3.63, 3.8) is 0 Å². The standard InChI is InChI=1S/C16H20N2O2/c1-10-13(11-7-6-8-12(9-11)20-5)17-15(16(2,3)4)18-14(10)19/h6-9H,1-5H3,(H,17,18,19). The molecule has 0 radical (unpaired) electrons. The van der Waals surface area contributed by atoms with Crippen LogP contribution < -0.4 is 10.3 Å². The number of benzene rings is 1. The summed E-state index contributed by atoms with van der Waals surface area (Å²) in [5.74, 6) is 1.44. The van der Waals surface area contributed by atoms with Gasteiger partial charge in [-0.15, -0.1) is 0 Å². The molecule has 1 aromatic carbocycles. The zero-order valence-corrected chi connectivity index (χ0v) is 12.6. The Hall–Kier alpha value is -2.10. The smallest absolute Gasteiger partial charge is 0.254 e. The SMILES string of the molecule is COc1cccc(-c2nc(C(C)(C)C)[nH]c(=O)c2C)c1. The molecular formula is C16H20N2O2. The molecule has 1 heterocycles. The van der Waals surface area contributed by atoms with Crippen molar-refractivity contribution in [2.45, 2.75) is 33.1 Å². The Morgan fingerprint density at radius 3 is 2.55 bits per heavy atom. The third-order valence-corrected chi connectivity index (χ3v) is 3.20. The van der Waals surface area contributed by atoms with E-state index in [4.69, 9.17) is 4.74 Å². The number of H-pyrrole nitrogens is 1. The fraction of sp³-hybridized carbons (Fsp3) is 0.375. The summed E-state index contributed by atoms with van der Waals surface area (Å²) in [6, 6.07) is 7.59. The Morgan fingerprint density at radius 1 is 1.25 bits per heavy atom. The van der Waals surface area contributed by atoms with Crippen LogP contribution in [-0.4, -0.2) is 17.1 Å². The van der Waals surface area contributed by atoms with Crippen LogP contribution in [0.3, 0.4) is 0 Å². The number of methoxy groups -OCH3 is 1. The lowest BCUT2D eigenvalue weighted by Gasteiger charge is -2.19. The summed E-state index contributed by atoms with van der Waals surface area (Å²) in [5.41, 5.74) is 1.91. The van der Waals surface area contributed by atoms with Gasteiger partial charge in [-0.2, -0.15) is 0 Å². The molecule has 0 aliphatic heterocycles. The third-order valence-electron chi connectivity index (χ3n) is 3.20. The minimum Gasteiger partial charge on any atom is -0.497 e. The molecule has 2 rings (SSSR count). The molecule has 2 aromatic rings. The average molecular weight is 272 g/mol. The van der Waals surface area contributed by atoms with Gasteiger partial charge in [0, 0.05) is 16.5 Å². The van der Waals surface area contributed by atoms with Gasteiger partial charge in [-0.25, -0.2) is 4.98 Å². The van der Waals surface area contributed by atoms with Gasteiger partial charge in [-0.05, 0) is 19.1 Å². The minimum absolute atomic E-state index is 0.0947. The van der Waals surface area contributed by atoms with Crippen LogP contribution in [0, 0.1) is 6.92 Å². The molecule has 0 saturated heterocycles. The molecular weight excluding hydrogens is 252 g/mol. The number of aromatic amines is 1. The molecule has 0 unspecified atom stereocenters. The molecule has 0 fully saturated rings. The molecule has 1 aromatic heterocycles. The van der Waals surface area contributed by atoms with Crippen molar-refractivity contribution in [2.24, 2.45) is 0 Å². The van der Waals surface area contributed by atoms with Crippen LogP contribution >= 0.6 is 0 Å². The van der Waals surface area contributed by atoms with Gasteiger partial charge in [0.1, 0.15) is 11.6 Å². The quantitative estimate of drug-likeness (QED) is 0.914. The average Bonchev–Trinajstić information content (AvgIpc) is 2.40. The lowest BCUT2D eigenvalue weighted by molar-refractivity contribution is 0.415. The summed E-state index contributed by atoms with van der Waals surface area (Å²) < 4.78 is 5.23. The highest BCUT2D eigenvalue weighted by Gasteiger charge is 2.19. The van der Waals surface area contributed by atoms with Crippen LogP contribution in [0.5, 0.6) is 5.75 Å². The highest BCUT2D eigenvalue weighted by molar-refractivity contribution is 5.64. The maximum absolute atomic E-state index is 12.1. The Bertz CT molecular complexity index is 682. The number of nitrogens with zero attached hydrogens (tertiary/aromatic N) is 1. The fourth-order valence-corrected chi connectivity index (χ4v) is 1.94. The highest BCUT2D eigenvalue weighted by Crippen LogP contribution is 2.26. The lowest BCUT2D eigenvalue weighted by Crippen LogP contribution is -2.24. The molecule has 4 heteroatoms. The van der Waals surface area contributed by atoms with Crippen molar-refractivity contribution < 1.29 is 4.74 Å². The van der Waals surface area contributed by atoms with E-state index in [2.05, 4.69) is 9.97 Å². The first kappa shape index (κ1) is 14.3. The molecule has 0 bridgehead atoms.